The molecule has 2 aliphatic rings. The summed E-state index contributed by atoms with van der Waals surface area (Å²) in [6.07, 6.45) is 12.5. The van der Waals surface area contributed by atoms with Crippen LogP contribution in [0.5, 0.6) is 5.75 Å². The Bertz CT molecular complexity index is 540. The Kier molecular flexibility index (Phi) is 6.50. The van der Waals surface area contributed by atoms with Crippen LogP contribution in [0, 0.1) is 29.5 Å². The maximum Gasteiger partial charge on any atom is 0.314 e. The van der Waals surface area contributed by atoms with Crippen LogP contribution in [0.2, 0.25) is 0 Å². The van der Waals surface area contributed by atoms with E-state index in [9.17, 15) is 9.18 Å². The minimum Gasteiger partial charge on any atom is -0.426 e. The second-order valence-corrected chi connectivity index (χ2v) is 8.16. The highest BCUT2D eigenvalue weighted by atomic mass is 19.1. The van der Waals surface area contributed by atoms with Crippen LogP contribution < -0.4 is 4.74 Å². The van der Waals surface area contributed by atoms with E-state index in [0.29, 0.717) is 5.75 Å². The van der Waals surface area contributed by atoms with Crippen molar-refractivity contribution < 1.29 is 13.9 Å². The molecule has 3 heteroatoms. The molecular formula is C22H31FO2. The molecule has 0 aliphatic heterocycles. The fourth-order valence-electron chi connectivity index (χ4n) is 4.61. The second-order valence-electron chi connectivity index (χ2n) is 8.16. The van der Waals surface area contributed by atoms with Crippen molar-refractivity contribution in [1.29, 1.82) is 0 Å². The summed E-state index contributed by atoms with van der Waals surface area (Å²) in [5.74, 6) is 2.77. The van der Waals surface area contributed by atoms with Crippen LogP contribution in [0.25, 0.3) is 0 Å². The normalized spacial score (nSPS) is 29.0. The molecule has 0 aromatic heterocycles. The van der Waals surface area contributed by atoms with Gasteiger partial charge in [0.25, 0.3) is 0 Å². The largest absolute Gasteiger partial charge is 0.426 e. The first-order valence-corrected chi connectivity index (χ1v) is 10.1. The van der Waals surface area contributed by atoms with Gasteiger partial charge in [0.15, 0.2) is 0 Å². The first-order chi connectivity index (χ1) is 12.1. The molecule has 0 bridgehead atoms. The van der Waals surface area contributed by atoms with Gasteiger partial charge < -0.3 is 4.74 Å². The van der Waals surface area contributed by atoms with Gasteiger partial charge in [-0.1, -0.05) is 32.6 Å². The number of hydrogen-bond acceptors (Lipinski definition) is 2. The van der Waals surface area contributed by atoms with E-state index in [1.165, 1.54) is 62.8 Å². The van der Waals surface area contributed by atoms with E-state index < -0.39 is 0 Å². The summed E-state index contributed by atoms with van der Waals surface area (Å²) in [5, 5.41) is 0. The third-order valence-electron chi connectivity index (χ3n) is 6.23. The van der Waals surface area contributed by atoms with Crippen LogP contribution in [-0.2, 0) is 4.79 Å². The number of rotatable bonds is 7. The molecule has 0 saturated heterocycles. The number of carbonyl (C=O) groups is 1. The summed E-state index contributed by atoms with van der Waals surface area (Å²) in [6, 6.07) is 5.68. The summed E-state index contributed by atoms with van der Waals surface area (Å²) in [7, 11) is 0. The minimum atomic E-state index is -0.312. The van der Waals surface area contributed by atoms with Gasteiger partial charge in [0.05, 0.1) is 5.92 Å². The molecule has 1 aromatic rings. The lowest BCUT2D eigenvalue weighted by molar-refractivity contribution is -0.140. The number of ether oxygens (including phenoxy) is 1. The van der Waals surface area contributed by atoms with E-state index in [4.69, 9.17) is 4.74 Å². The highest BCUT2D eigenvalue weighted by Gasteiger charge is 2.31. The van der Waals surface area contributed by atoms with Crippen LogP contribution in [0.3, 0.4) is 0 Å². The maximum atomic E-state index is 12.9. The van der Waals surface area contributed by atoms with Crippen LogP contribution >= 0.6 is 0 Å². The molecule has 0 spiro atoms. The molecule has 25 heavy (non-hydrogen) atoms. The topological polar surface area (TPSA) is 26.3 Å². The Hall–Kier alpha value is -1.38. The molecule has 0 heterocycles. The molecule has 3 rings (SSSR count). The summed E-state index contributed by atoms with van der Waals surface area (Å²) in [4.78, 5) is 12.3. The van der Waals surface area contributed by atoms with E-state index in [-0.39, 0.29) is 17.7 Å². The molecule has 0 unspecified atom stereocenters. The van der Waals surface area contributed by atoms with Crippen molar-refractivity contribution in [3.8, 4) is 5.75 Å². The molecule has 2 saturated carbocycles. The molecule has 138 valence electrons. The zero-order valence-electron chi connectivity index (χ0n) is 15.4. The minimum absolute atomic E-state index is 0.0129. The first-order valence-electron chi connectivity index (χ1n) is 10.1. The number of halogens is 1. The predicted octanol–water partition coefficient (Wildman–Crippen LogP) is 6.14. The van der Waals surface area contributed by atoms with Crippen molar-refractivity contribution in [2.45, 2.75) is 71.1 Å². The fourth-order valence-corrected chi connectivity index (χ4v) is 4.61. The SMILES string of the molecule is CCC[C@H]1C[C@H](CCC2CCC(C(=O)Oc3ccc(F)cc3)CC2)C1. The van der Waals surface area contributed by atoms with Gasteiger partial charge in [0.2, 0.25) is 0 Å². The van der Waals surface area contributed by atoms with E-state index in [1.54, 1.807) is 0 Å². The Morgan fingerprint density at radius 2 is 1.56 bits per heavy atom. The zero-order valence-corrected chi connectivity index (χ0v) is 15.4. The lowest BCUT2D eigenvalue weighted by Crippen LogP contribution is -2.27. The molecule has 1 aromatic carbocycles. The van der Waals surface area contributed by atoms with Crippen molar-refractivity contribution >= 4 is 5.97 Å². The second kappa shape index (κ2) is 8.82. The fraction of sp³-hybridized carbons (Fsp3) is 0.682. The molecule has 0 amide bonds. The average molecular weight is 346 g/mol. The van der Waals surface area contributed by atoms with Gasteiger partial charge >= 0.3 is 5.97 Å². The van der Waals surface area contributed by atoms with E-state index in [0.717, 1.165) is 43.4 Å². The summed E-state index contributed by atoms with van der Waals surface area (Å²) in [6.45, 7) is 2.28. The molecule has 2 fully saturated rings. The van der Waals surface area contributed by atoms with E-state index >= 15 is 0 Å². The summed E-state index contributed by atoms with van der Waals surface area (Å²) < 4.78 is 18.3. The lowest BCUT2D eigenvalue weighted by atomic mass is 9.69. The van der Waals surface area contributed by atoms with Gasteiger partial charge in [-0.05, 0) is 80.5 Å². The van der Waals surface area contributed by atoms with Gasteiger partial charge in [0.1, 0.15) is 11.6 Å². The van der Waals surface area contributed by atoms with Gasteiger partial charge in [-0.3, -0.25) is 4.79 Å². The first kappa shape index (κ1) is 18.4. The third-order valence-corrected chi connectivity index (χ3v) is 6.23. The van der Waals surface area contributed by atoms with E-state index in [1.807, 2.05) is 0 Å². The monoisotopic (exact) mass is 346 g/mol. The van der Waals surface area contributed by atoms with Gasteiger partial charge in [-0.2, -0.15) is 0 Å². The highest BCUT2D eigenvalue weighted by molar-refractivity contribution is 5.75. The standard InChI is InChI=1S/C22H31FO2/c1-2-3-17-14-18(15-17)5-4-16-6-8-19(9-7-16)22(24)25-21-12-10-20(23)11-13-21/h10-13,16-19H,2-9,14-15H2,1H3/t16?,17-,18-,19?. The average Bonchev–Trinajstić information content (AvgIpc) is 2.59. The number of benzene rings is 1. The van der Waals surface area contributed by atoms with Crippen LogP contribution in [0.4, 0.5) is 4.39 Å². The lowest BCUT2D eigenvalue weighted by Gasteiger charge is -2.37. The van der Waals surface area contributed by atoms with Crippen molar-refractivity contribution in [3.05, 3.63) is 30.1 Å². The number of esters is 1. The van der Waals surface area contributed by atoms with Crippen LogP contribution in [0.15, 0.2) is 24.3 Å². The zero-order chi connectivity index (χ0) is 17.6. The Morgan fingerprint density at radius 1 is 0.960 bits per heavy atom. The number of carbonyl (C=O) groups excluding carboxylic acids is 1. The van der Waals surface area contributed by atoms with Crippen LogP contribution in [-0.4, -0.2) is 5.97 Å². The quantitative estimate of drug-likeness (QED) is 0.437. The van der Waals surface area contributed by atoms with Crippen molar-refractivity contribution in [1.82, 2.24) is 0 Å². The Labute approximate surface area is 151 Å². The summed E-state index contributed by atoms with van der Waals surface area (Å²) >= 11 is 0. The maximum absolute atomic E-state index is 12.9. The predicted molar refractivity (Wildman–Crippen MR) is 97.8 cm³/mol. The van der Waals surface area contributed by atoms with E-state index in [2.05, 4.69) is 6.92 Å². The Balaban J connectivity index is 1.33. The van der Waals surface area contributed by atoms with Gasteiger partial charge in [-0.25, -0.2) is 4.39 Å². The molecule has 2 nitrogen and oxygen atoms in total. The molecule has 2 aliphatic carbocycles. The molecule has 0 radical (unpaired) electrons. The van der Waals surface area contributed by atoms with Crippen LogP contribution in [0.1, 0.15) is 71.1 Å². The molecule has 0 N–H and O–H groups in total. The van der Waals surface area contributed by atoms with Crippen molar-refractivity contribution in [2.75, 3.05) is 0 Å². The number of hydrogen-bond donors (Lipinski definition) is 0. The van der Waals surface area contributed by atoms with Crippen molar-refractivity contribution in [3.63, 3.8) is 0 Å². The smallest absolute Gasteiger partial charge is 0.314 e. The third kappa shape index (κ3) is 5.29. The van der Waals surface area contributed by atoms with Gasteiger partial charge in [0, 0.05) is 0 Å². The van der Waals surface area contributed by atoms with Crippen molar-refractivity contribution in [2.24, 2.45) is 23.7 Å². The molecule has 0 atom stereocenters. The van der Waals surface area contributed by atoms with Gasteiger partial charge in [-0.15, -0.1) is 0 Å². The Morgan fingerprint density at radius 3 is 2.20 bits per heavy atom. The highest BCUT2D eigenvalue weighted by Crippen LogP contribution is 2.41. The molecular weight excluding hydrogens is 315 g/mol. The summed E-state index contributed by atoms with van der Waals surface area (Å²) in [5.41, 5.74) is 0.